The summed E-state index contributed by atoms with van der Waals surface area (Å²) in [6.07, 6.45) is 1.50. The van der Waals surface area contributed by atoms with Crippen molar-refractivity contribution in [3.05, 3.63) is 29.8 Å². The van der Waals surface area contributed by atoms with Crippen LogP contribution in [0.15, 0.2) is 24.3 Å². The SMILES string of the molecule is CC(=O)SCC(=O)NCC(=O)NCC(=O)NCC(=O)NCCOCCOCCOCCNC(=O)[C@H](CCCNC(=N)N)NC(=O)[C@@H]1Cc2ccc(cc2)OCCCC(C(=O)NO)[C@@H](CC(C)C)C(=O)N1. The molecule has 1 aromatic carbocycles. The summed E-state index contributed by atoms with van der Waals surface area (Å²) >= 11 is 0.801. The van der Waals surface area contributed by atoms with Crippen LogP contribution in [0.1, 0.15) is 58.4 Å². The van der Waals surface area contributed by atoms with Crippen LogP contribution >= 0.6 is 11.8 Å². The Morgan fingerprint density at radius 1 is 0.800 bits per heavy atom. The molecule has 392 valence electrons. The van der Waals surface area contributed by atoms with Crippen molar-refractivity contribution in [3.63, 3.8) is 0 Å². The highest BCUT2D eigenvalue weighted by Gasteiger charge is 2.36. The Balaban J connectivity index is 1.78. The predicted octanol–water partition coefficient (Wildman–Crippen LogP) is -2.67. The molecule has 2 aliphatic rings. The number of nitrogens with one attached hydrogen (secondary N) is 10. The molecule has 13 N–H and O–H groups in total. The Bertz CT molecular complexity index is 1860. The van der Waals surface area contributed by atoms with Crippen LogP contribution in [0.3, 0.4) is 0 Å². The molecular formula is C44H71N11O14S. The summed E-state index contributed by atoms with van der Waals surface area (Å²) in [5.41, 5.74) is 7.81. The first kappa shape index (κ1) is 60.0. The van der Waals surface area contributed by atoms with Crippen molar-refractivity contribution in [1.82, 2.24) is 48.0 Å². The minimum atomic E-state index is -1.15. The molecule has 25 nitrogen and oxygen atoms in total. The van der Waals surface area contributed by atoms with Gasteiger partial charge in [0.1, 0.15) is 17.8 Å². The number of benzene rings is 1. The minimum Gasteiger partial charge on any atom is -0.494 e. The van der Waals surface area contributed by atoms with Gasteiger partial charge in [0.15, 0.2) is 11.1 Å². The largest absolute Gasteiger partial charge is 0.494 e. The van der Waals surface area contributed by atoms with Crippen molar-refractivity contribution in [2.24, 2.45) is 23.5 Å². The van der Waals surface area contributed by atoms with Crippen molar-refractivity contribution in [2.75, 3.05) is 91.3 Å². The van der Waals surface area contributed by atoms with Crippen LogP contribution in [0.25, 0.3) is 0 Å². The zero-order valence-electron chi connectivity index (χ0n) is 40.1. The van der Waals surface area contributed by atoms with Gasteiger partial charge in [0.25, 0.3) is 0 Å². The van der Waals surface area contributed by atoms with Crippen LogP contribution in [-0.4, -0.2) is 167 Å². The van der Waals surface area contributed by atoms with Crippen LogP contribution < -0.4 is 58.5 Å². The van der Waals surface area contributed by atoms with Gasteiger partial charge in [-0.1, -0.05) is 37.7 Å². The third kappa shape index (κ3) is 27.2. The van der Waals surface area contributed by atoms with Gasteiger partial charge in [0, 0.05) is 38.9 Å². The van der Waals surface area contributed by atoms with E-state index in [9.17, 15) is 48.4 Å². The first-order valence-corrected chi connectivity index (χ1v) is 24.0. The molecule has 0 radical (unpaired) electrons. The highest BCUT2D eigenvalue weighted by atomic mass is 32.2. The van der Waals surface area contributed by atoms with Gasteiger partial charge in [0.2, 0.25) is 47.3 Å². The topological polar surface area (TPSA) is 369 Å². The molecule has 70 heavy (non-hydrogen) atoms. The zero-order valence-corrected chi connectivity index (χ0v) is 40.9. The van der Waals surface area contributed by atoms with Gasteiger partial charge in [0.05, 0.1) is 77.6 Å². The second-order valence-corrected chi connectivity index (χ2v) is 17.5. The number of ether oxygens (including phenoxy) is 4. The number of carbonyl (C=O) groups excluding carboxylic acids is 9. The van der Waals surface area contributed by atoms with E-state index in [1.165, 1.54) is 6.92 Å². The average Bonchev–Trinajstić information content (AvgIpc) is 3.32. The summed E-state index contributed by atoms with van der Waals surface area (Å²) in [6.45, 7) is 5.97. The molecular weight excluding hydrogens is 939 g/mol. The highest BCUT2D eigenvalue weighted by molar-refractivity contribution is 8.14. The van der Waals surface area contributed by atoms with E-state index in [2.05, 4.69) is 42.5 Å². The lowest BCUT2D eigenvalue weighted by Crippen LogP contribution is -2.56. The smallest absolute Gasteiger partial charge is 0.247 e. The Morgan fingerprint density at radius 2 is 1.37 bits per heavy atom. The fourth-order valence-electron chi connectivity index (χ4n) is 6.69. The van der Waals surface area contributed by atoms with Gasteiger partial charge in [-0.15, -0.1) is 0 Å². The number of guanidine groups is 1. The quantitative estimate of drug-likeness (QED) is 0.0123. The summed E-state index contributed by atoms with van der Waals surface area (Å²) in [6, 6.07) is 4.84. The molecule has 26 heteroatoms. The molecule has 2 bridgehead atoms. The normalized spacial score (nSPS) is 16.2. The van der Waals surface area contributed by atoms with E-state index in [0.29, 0.717) is 30.6 Å². The number of hydrogen-bond acceptors (Lipinski definition) is 16. The molecule has 3 rings (SSSR count). The number of rotatable bonds is 30. The number of thioether (sulfide) groups is 1. The van der Waals surface area contributed by atoms with Crippen molar-refractivity contribution in [1.29, 1.82) is 5.41 Å². The molecule has 0 fully saturated rings. The predicted molar refractivity (Wildman–Crippen MR) is 255 cm³/mol. The van der Waals surface area contributed by atoms with Gasteiger partial charge >= 0.3 is 0 Å². The summed E-state index contributed by atoms with van der Waals surface area (Å²) in [7, 11) is 0. The average molecular weight is 1010 g/mol. The van der Waals surface area contributed by atoms with Gasteiger partial charge in [-0.25, -0.2) is 5.48 Å². The number of hydroxylamine groups is 1. The van der Waals surface area contributed by atoms with Crippen LogP contribution in [0.5, 0.6) is 5.75 Å². The third-order valence-corrected chi connectivity index (χ3v) is 11.0. The van der Waals surface area contributed by atoms with Crippen LogP contribution in [-0.2, 0) is 63.8 Å². The van der Waals surface area contributed by atoms with Crippen molar-refractivity contribution in [2.45, 2.75) is 71.4 Å². The second-order valence-electron chi connectivity index (χ2n) is 16.4. The van der Waals surface area contributed by atoms with Gasteiger partial charge in [-0.3, -0.25) is 53.8 Å². The number of fused-ring (bicyclic) bond motifs is 11. The van der Waals surface area contributed by atoms with Crippen molar-refractivity contribution >= 4 is 70.1 Å². The molecule has 2 aliphatic heterocycles. The van der Waals surface area contributed by atoms with Gasteiger partial charge in [-0.05, 0) is 55.7 Å². The van der Waals surface area contributed by atoms with E-state index in [-0.39, 0.29) is 121 Å². The Hall–Kier alpha value is -6.09. The molecule has 2 heterocycles. The number of amides is 8. The van der Waals surface area contributed by atoms with E-state index in [4.69, 9.17) is 30.1 Å². The van der Waals surface area contributed by atoms with Crippen molar-refractivity contribution < 1.29 is 67.3 Å². The fourth-order valence-corrected chi connectivity index (χ4v) is 7.12. The highest BCUT2D eigenvalue weighted by Crippen LogP contribution is 2.27. The maximum absolute atomic E-state index is 14.1. The monoisotopic (exact) mass is 1010 g/mol. The van der Waals surface area contributed by atoms with Gasteiger partial charge < -0.3 is 67.2 Å². The molecule has 1 aromatic rings. The lowest BCUT2D eigenvalue weighted by atomic mass is 9.81. The first-order chi connectivity index (χ1) is 33.5. The molecule has 0 aliphatic carbocycles. The Kier molecular flexibility index (Phi) is 30.1. The molecule has 0 saturated carbocycles. The molecule has 0 saturated heterocycles. The fraction of sp³-hybridized carbons (Fsp3) is 0.636. The molecule has 4 atom stereocenters. The van der Waals surface area contributed by atoms with Crippen LogP contribution in [0.2, 0.25) is 0 Å². The number of carbonyl (C=O) groups is 9. The van der Waals surface area contributed by atoms with E-state index in [0.717, 1.165) is 11.8 Å². The van der Waals surface area contributed by atoms with E-state index >= 15 is 0 Å². The lowest BCUT2D eigenvalue weighted by molar-refractivity contribution is -0.142. The summed E-state index contributed by atoms with van der Waals surface area (Å²) in [5.74, 6) is -6.22. The summed E-state index contributed by atoms with van der Waals surface area (Å²) in [5, 5.41) is 37.4. The molecule has 8 amide bonds. The summed E-state index contributed by atoms with van der Waals surface area (Å²) in [4.78, 5) is 113. The van der Waals surface area contributed by atoms with E-state index < -0.39 is 77.7 Å². The van der Waals surface area contributed by atoms with E-state index in [1.807, 2.05) is 13.8 Å². The first-order valence-electron chi connectivity index (χ1n) is 23.0. The Labute approximate surface area is 411 Å². The minimum absolute atomic E-state index is 0.0102. The van der Waals surface area contributed by atoms with Crippen LogP contribution in [0.4, 0.5) is 0 Å². The van der Waals surface area contributed by atoms with Crippen molar-refractivity contribution in [3.8, 4) is 5.75 Å². The molecule has 0 spiro atoms. The number of hydrogen-bond donors (Lipinski definition) is 12. The third-order valence-electron chi connectivity index (χ3n) is 10.1. The maximum Gasteiger partial charge on any atom is 0.247 e. The zero-order chi connectivity index (χ0) is 51.7. The summed E-state index contributed by atoms with van der Waals surface area (Å²) < 4.78 is 22.3. The lowest BCUT2D eigenvalue weighted by Gasteiger charge is -2.29. The standard InChI is InChI=1S/C44H71N11O14S/c1-28(2)22-33-32(41(62)55-65)6-5-15-69-31-10-8-30(9-11-31)23-35(54-40(33)61)43(64)53-34(7-4-12-49-44(45)46)42(63)48-14-17-67-19-21-68-20-18-66-16-13-47-36(57)24-50-37(58)25-51-38(59)26-52-39(60)27-70-29(3)56/h8-11,28,32-35,65H,4-7,12-27H2,1-3H3,(H,47,57)(H,48,63)(H,50,58)(H,51,59)(H,52,60)(H,53,64)(H,54,61)(H,55,62)(H4,45,46,49)/t32?,33-,34+,35+/m1/s1. The molecule has 0 aromatic heterocycles. The maximum atomic E-state index is 14.1. The van der Waals surface area contributed by atoms with Crippen LogP contribution in [0, 0.1) is 23.2 Å². The van der Waals surface area contributed by atoms with E-state index in [1.54, 1.807) is 29.7 Å². The second kappa shape index (κ2) is 35.1. The van der Waals surface area contributed by atoms with Gasteiger partial charge in [-0.2, -0.15) is 0 Å². The Morgan fingerprint density at radius 3 is 1.94 bits per heavy atom. The number of nitrogens with two attached hydrogens (primary N) is 1. The molecule has 1 unspecified atom stereocenters.